The third-order valence-electron chi connectivity index (χ3n) is 3.62. The fourth-order valence-corrected chi connectivity index (χ4v) is 2.10. The van der Waals surface area contributed by atoms with Crippen LogP contribution >= 0.6 is 0 Å². The first-order valence-electron chi connectivity index (χ1n) is 6.20. The van der Waals surface area contributed by atoms with Gasteiger partial charge in [-0.25, -0.2) is 9.59 Å². The van der Waals surface area contributed by atoms with Gasteiger partial charge in [0.05, 0.1) is 16.6 Å². The Labute approximate surface area is 110 Å². The summed E-state index contributed by atoms with van der Waals surface area (Å²) in [4.78, 5) is 25.9. The lowest BCUT2D eigenvalue weighted by molar-refractivity contribution is 0.0699. The molecule has 0 saturated heterocycles. The van der Waals surface area contributed by atoms with E-state index in [-0.39, 0.29) is 22.7 Å². The quantitative estimate of drug-likeness (QED) is 0.873. The van der Waals surface area contributed by atoms with Crippen molar-refractivity contribution in [1.82, 2.24) is 9.55 Å². The summed E-state index contributed by atoms with van der Waals surface area (Å²) in [6.07, 6.45) is 0. The van der Waals surface area contributed by atoms with E-state index in [1.54, 1.807) is 16.7 Å². The number of fused-ring (bicyclic) bond motifs is 1. The van der Waals surface area contributed by atoms with Crippen molar-refractivity contribution in [2.75, 3.05) is 0 Å². The van der Waals surface area contributed by atoms with Crippen molar-refractivity contribution in [3.63, 3.8) is 0 Å². The van der Waals surface area contributed by atoms with Gasteiger partial charge in [-0.1, -0.05) is 26.8 Å². The van der Waals surface area contributed by atoms with E-state index in [1.165, 1.54) is 6.07 Å². The molecule has 0 aliphatic rings. The highest BCUT2D eigenvalue weighted by molar-refractivity contribution is 6.00. The Morgan fingerprint density at radius 3 is 2.53 bits per heavy atom. The molecule has 2 aromatic rings. The average molecular weight is 262 g/mol. The summed E-state index contributed by atoms with van der Waals surface area (Å²) in [5.41, 5.74) is 0.766. The van der Waals surface area contributed by atoms with Gasteiger partial charge in [0.15, 0.2) is 0 Å². The summed E-state index contributed by atoms with van der Waals surface area (Å²) in [5, 5.41) is 9.15. The number of imidazole rings is 1. The molecule has 0 amide bonds. The Morgan fingerprint density at radius 2 is 2.00 bits per heavy atom. The summed E-state index contributed by atoms with van der Waals surface area (Å²) < 4.78 is 1.63. The van der Waals surface area contributed by atoms with Crippen LogP contribution in [0.3, 0.4) is 0 Å². The number of rotatable bonds is 2. The maximum absolute atomic E-state index is 12.1. The first kappa shape index (κ1) is 13.4. The number of aromatic carboxylic acids is 1. The first-order valence-corrected chi connectivity index (χ1v) is 6.20. The van der Waals surface area contributed by atoms with Gasteiger partial charge in [-0.2, -0.15) is 0 Å². The van der Waals surface area contributed by atoms with Gasteiger partial charge in [-0.3, -0.25) is 4.57 Å². The zero-order valence-corrected chi connectivity index (χ0v) is 11.5. The molecule has 0 bridgehead atoms. The fourth-order valence-electron chi connectivity index (χ4n) is 2.10. The van der Waals surface area contributed by atoms with Crippen LogP contribution in [0.25, 0.3) is 11.0 Å². The Bertz CT molecular complexity index is 689. The Kier molecular flexibility index (Phi) is 3.00. The third-order valence-corrected chi connectivity index (χ3v) is 3.62. The largest absolute Gasteiger partial charge is 0.478 e. The number of H-pyrrole nitrogens is 1. The molecule has 1 aromatic carbocycles. The van der Waals surface area contributed by atoms with Crippen LogP contribution in [0.1, 0.15) is 44.1 Å². The highest BCUT2D eigenvalue weighted by Crippen LogP contribution is 2.31. The number of carboxylic acids is 1. The summed E-state index contributed by atoms with van der Waals surface area (Å²) in [6, 6.07) is 4.87. The van der Waals surface area contributed by atoms with E-state index in [0.717, 1.165) is 0 Å². The van der Waals surface area contributed by atoms with Crippen molar-refractivity contribution in [1.29, 1.82) is 0 Å². The molecule has 19 heavy (non-hydrogen) atoms. The highest BCUT2D eigenvalue weighted by Gasteiger charge is 2.26. The zero-order valence-electron chi connectivity index (χ0n) is 11.5. The molecular formula is C14H18N2O3. The van der Waals surface area contributed by atoms with Gasteiger partial charge in [0.1, 0.15) is 0 Å². The van der Waals surface area contributed by atoms with Crippen molar-refractivity contribution in [3.05, 3.63) is 34.2 Å². The number of aromatic nitrogens is 2. The number of carbonyl (C=O) groups is 1. The van der Waals surface area contributed by atoms with Crippen molar-refractivity contribution in [2.24, 2.45) is 5.41 Å². The normalized spacial score (nSPS) is 13.7. The second-order valence-corrected chi connectivity index (χ2v) is 5.85. The van der Waals surface area contributed by atoms with Gasteiger partial charge >= 0.3 is 11.7 Å². The van der Waals surface area contributed by atoms with E-state index < -0.39 is 5.97 Å². The maximum Gasteiger partial charge on any atom is 0.337 e. The van der Waals surface area contributed by atoms with Crippen LogP contribution in [0.5, 0.6) is 0 Å². The number of carboxylic acid groups (broad SMARTS) is 1. The number of nitrogens with one attached hydrogen (secondary N) is 1. The molecule has 1 aromatic heterocycles. The van der Waals surface area contributed by atoms with Crippen LogP contribution in [0.15, 0.2) is 23.0 Å². The molecule has 0 saturated carbocycles. The van der Waals surface area contributed by atoms with Crippen molar-refractivity contribution < 1.29 is 9.90 Å². The molecule has 0 aliphatic carbocycles. The minimum atomic E-state index is -1.04. The Morgan fingerprint density at radius 1 is 1.37 bits per heavy atom. The van der Waals surface area contributed by atoms with Crippen molar-refractivity contribution in [3.8, 4) is 0 Å². The van der Waals surface area contributed by atoms with Gasteiger partial charge in [-0.15, -0.1) is 0 Å². The molecule has 1 heterocycles. The second kappa shape index (κ2) is 4.26. The van der Waals surface area contributed by atoms with E-state index in [2.05, 4.69) is 4.98 Å². The summed E-state index contributed by atoms with van der Waals surface area (Å²) in [5.74, 6) is -1.04. The lowest BCUT2D eigenvalue weighted by atomic mass is 9.88. The average Bonchev–Trinajstić information content (AvgIpc) is 2.61. The molecule has 0 aliphatic heterocycles. The number of benzene rings is 1. The maximum atomic E-state index is 12.1. The minimum absolute atomic E-state index is 0.0437. The number of hydrogen-bond donors (Lipinski definition) is 2. The standard InChI is InChI=1S/C14H18N2O3/c1-8(14(2,3)4)16-10-7-5-6-9(12(17)18)11(10)15-13(16)19/h5-8H,1-4H3,(H,15,19)(H,17,18). The van der Waals surface area contributed by atoms with E-state index in [9.17, 15) is 9.59 Å². The number of nitrogens with zero attached hydrogens (tertiary/aromatic N) is 1. The molecular weight excluding hydrogens is 244 g/mol. The van der Waals surface area contributed by atoms with Crippen LogP contribution in [0.4, 0.5) is 0 Å². The SMILES string of the molecule is CC(n1c(=O)[nH]c2c(C(=O)O)cccc21)C(C)(C)C. The van der Waals surface area contributed by atoms with E-state index in [0.29, 0.717) is 11.0 Å². The molecule has 1 atom stereocenters. The predicted molar refractivity (Wildman–Crippen MR) is 73.7 cm³/mol. The molecule has 2 N–H and O–H groups in total. The molecule has 0 radical (unpaired) electrons. The predicted octanol–water partition coefficient (Wildman–Crippen LogP) is 2.63. The molecule has 1 unspecified atom stereocenters. The van der Waals surface area contributed by atoms with Crippen LogP contribution < -0.4 is 5.69 Å². The van der Waals surface area contributed by atoms with Crippen LogP contribution in [-0.4, -0.2) is 20.6 Å². The van der Waals surface area contributed by atoms with Gasteiger partial charge in [0, 0.05) is 6.04 Å². The van der Waals surface area contributed by atoms with E-state index in [4.69, 9.17) is 5.11 Å². The smallest absolute Gasteiger partial charge is 0.337 e. The third kappa shape index (κ3) is 2.16. The van der Waals surface area contributed by atoms with E-state index in [1.807, 2.05) is 27.7 Å². The lowest BCUT2D eigenvalue weighted by Crippen LogP contribution is -2.29. The zero-order chi connectivity index (χ0) is 14.4. The molecule has 2 rings (SSSR count). The molecule has 5 nitrogen and oxygen atoms in total. The van der Waals surface area contributed by atoms with Gasteiger partial charge in [0.2, 0.25) is 0 Å². The van der Waals surface area contributed by atoms with Crippen molar-refractivity contribution in [2.45, 2.75) is 33.7 Å². The van der Waals surface area contributed by atoms with Crippen LogP contribution in [-0.2, 0) is 0 Å². The molecule has 0 fully saturated rings. The molecule has 0 spiro atoms. The second-order valence-electron chi connectivity index (χ2n) is 5.85. The summed E-state index contributed by atoms with van der Waals surface area (Å²) in [6.45, 7) is 8.10. The van der Waals surface area contributed by atoms with Gasteiger partial charge in [-0.05, 0) is 24.5 Å². The monoisotopic (exact) mass is 262 g/mol. The number of para-hydroxylation sites is 1. The molecule has 5 heteroatoms. The Balaban J connectivity index is 2.78. The van der Waals surface area contributed by atoms with E-state index >= 15 is 0 Å². The number of hydrogen-bond acceptors (Lipinski definition) is 2. The lowest BCUT2D eigenvalue weighted by Gasteiger charge is -2.28. The molecule has 102 valence electrons. The van der Waals surface area contributed by atoms with Crippen molar-refractivity contribution >= 4 is 17.0 Å². The topological polar surface area (TPSA) is 75.1 Å². The Hall–Kier alpha value is -2.04. The van der Waals surface area contributed by atoms with Gasteiger partial charge < -0.3 is 10.1 Å². The number of aromatic amines is 1. The fraction of sp³-hybridized carbons (Fsp3) is 0.429. The van der Waals surface area contributed by atoms with Crippen LogP contribution in [0.2, 0.25) is 0 Å². The van der Waals surface area contributed by atoms with Crippen LogP contribution in [0, 0.1) is 5.41 Å². The first-order chi connectivity index (χ1) is 8.73. The highest BCUT2D eigenvalue weighted by atomic mass is 16.4. The summed E-state index contributed by atoms with van der Waals surface area (Å²) in [7, 11) is 0. The van der Waals surface area contributed by atoms with Gasteiger partial charge in [0.25, 0.3) is 0 Å². The summed E-state index contributed by atoms with van der Waals surface area (Å²) >= 11 is 0. The minimum Gasteiger partial charge on any atom is -0.478 e.